The molecular formula is C12H13FN2O4. The first kappa shape index (κ1) is 13.1. The first-order valence-corrected chi connectivity index (χ1v) is 5.63. The first-order valence-electron chi connectivity index (χ1n) is 5.63. The topological polar surface area (TPSA) is 87.7 Å². The smallest absolute Gasteiger partial charge is 0.404 e. The van der Waals surface area contributed by atoms with Gasteiger partial charge in [0.1, 0.15) is 0 Å². The zero-order valence-corrected chi connectivity index (χ0v) is 10.1. The number of nitrogens with one attached hydrogen (secondary N) is 2. The average Bonchev–Trinajstić information content (AvgIpc) is 2.70. The van der Waals surface area contributed by atoms with Crippen molar-refractivity contribution in [2.24, 2.45) is 0 Å². The molecule has 2 atom stereocenters. The second-order valence-electron chi connectivity index (χ2n) is 4.20. The van der Waals surface area contributed by atoms with Gasteiger partial charge < -0.3 is 20.5 Å². The molecule has 102 valence electrons. The highest BCUT2D eigenvalue weighted by Crippen LogP contribution is 2.28. The summed E-state index contributed by atoms with van der Waals surface area (Å²) in [5, 5.41) is 13.7. The largest absolute Gasteiger partial charge is 0.494 e. The molecule has 1 aliphatic heterocycles. The van der Waals surface area contributed by atoms with E-state index < -0.39 is 24.0 Å². The van der Waals surface area contributed by atoms with Gasteiger partial charge in [-0.1, -0.05) is 6.07 Å². The minimum atomic E-state index is -1.21. The number of carbonyl (C=O) groups excluding carboxylic acids is 1. The van der Waals surface area contributed by atoms with E-state index >= 15 is 0 Å². The van der Waals surface area contributed by atoms with E-state index in [9.17, 15) is 14.0 Å². The number of amides is 2. The van der Waals surface area contributed by atoms with Crippen molar-refractivity contribution >= 4 is 12.0 Å². The number of hydrogen-bond acceptors (Lipinski definition) is 3. The molecule has 1 saturated heterocycles. The molecule has 19 heavy (non-hydrogen) atoms. The molecule has 1 aromatic rings. The van der Waals surface area contributed by atoms with E-state index in [1.165, 1.54) is 25.3 Å². The van der Waals surface area contributed by atoms with Crippen LogP contribution in [0.2, 0.25) is 0 Å². The van der Waals surface area contributed by atoms with Crippen LogP contribution in [0.25, 0.3) is 0 Å². The molecule has 2 amide bonds. The molecule has 6 nitrogen and oxygen atoms in total. The number of benzene rings is 1. The number of halogens is 1. The Labute approximate surface area is 108 Å². The van der Waals surface area contributed by atoms with E-state index in [0.717, 1.165) is 0 Å². The number of carbonyl (C=O) groups is 2. The van der Waals surface area contributed by atoms with Crippen molar-refractivity contribution in [2.45, 2.75) is 18.5 Å². The summed E-state index contributed by atoms with van der Waals surface area (Å²) in [7, 11) is 1.34. The van der Waals surface area contributed by atoms with Crippen LogP contribution in [0.3, 0.4) is 0 Å². The monoisotopic (exact) mass is 268 g/mol. The van der Waals surface area contributed by atoms with Crippen molar-refractivity contribution in [3.63, 3.8) is 0 Å². The summed E-state index contributed by atoms with van der Waals surface area (Å²) in [4.78, 5) is 22.1. The van der Waals surface area contributed by atoms with E-state index in [0.29, 0.717) is 5.56 Å². The Morgan fingerprint density at radius 3 is 2.95 bits per heavy atom. The third-order valence-electron chi connectivity index (χ3n) is 2.97. The fourth-order valence-corrected chi connectivity index (χ4v) is 2.13. The lowest BCUT2D eigenvalue weighted by Gasteiger charge is -2.19. The summed E-state index contributed by atoms with van der Waals surface area (Å²) in [6.07, 6.45) is -1.16. The quantitative estimate of drug-likeness (QED) is 0.764. The molecule has 1 aliphatic rings. The molecule has 0 aliphatic carbocycles. The van der Waals surface area contributed by atoms with Gasteiger partial charge in [0.05, 0.1) is 19.2 Å². The number of methoxy groups -OCH3 is 1. The van der Waals surface area contributed by atoms with Crippen LogP contribution < -0.4 is 15.4 Å². The lowest BCUT2D eigenvalue weighted by atomic mass is 10.0. The van der Waals surface area contributed by atoms with Crippen LogP contribution in [0.4, 0.5) is 9.18 Å². The molecule has 0 radical (unpaired) electrons. The third kappa shape index (κ3) is 2.75. The maximum atomic E-state index is 13.3. The SMILES string of the molecule is COc1cc(C2NC(=O)CC2NC(=O)O)ccc1F. The summed E-state index contributed by atoms with van der Waals surface area (Å²) in [5.74, 6) is -0.724. The Bertz CT molecular complexity index is 520. The Balaban J connectivity index is 2.28. The van der Waals surface area contributed by atoms with Gasteiger partial charge in [-0.2, -0.15) is 0 Å². The zero-order valence-electron chi connectivity index (χ0n) is 10.1. The summed E-state index contributed by atoms with van der Waals surface area (Å²) >= 11 is 0. The molecule has 2 unspecified atom stereocenters. The van der Waals surface area contributed by atoms with Crippen molar-refractivity contribution < 1.29 is 23.8 Å². The van der Waals surface area contributed by atoms with Crippen molar-refractivity contribution in [1.29, 1.82) is 0 Å². The third-order valence-corrected chi connectivity index (χ3v) is 2.97. The number of hydrogen-bond donors (Lipinski definition) is 3. The first-order chi connectivity index (χ1) is 9.01. The van der Waals surface area contributed by atoms with Crippen molar-refractivity contribution in [1.82, 2.24) is 10.6 Å². The molecule has 1 aromatic carbocycles. The zero-order chi connectivity index (χ0) is 14.0. The molecule has 0 saturated carbocycles. The van der Waals surface area contributed by atoms with Crippen molar-refractivity contribution in [3.8, 4) is 5.75 Å². The lowest BCUT2D eigenvalue weighted by molar-refractivity contribution is -0.119. The summed E-state index contributed by atoms with van der Waals surface area (Å²) in [5.41, 5.74) is 0.586. The van der Waals surface area contributed by atoms with Crippen LogP contribution in [-0.2, 0) is 4.79 Å². The standard InChI is InChI=1S/C12H13FN2O4/c1-19-9-4-6(2-3-7(9)13)11-8(14-12(17)18)5-10(16)15-11/h2-4,8,11,14H,5H2,1H3,(H,15,16)(H,17,18). The van der Waals surface area contributed by atoms with E-state index in [1.807, 2.05) is 0 Å². The lowest BCUT2D eigenvalue weighted by Crippen LogP contribution is -2.37. The van der Waals surface area contributed by atoms with Gasteiger partial charge in [-0.15, -0.1) is 0 Å². The van der Waals surface area contributed by atoms with Crippen LogP contribution >= 0.6 is 0 Å². The Hall–Kier alpha value is -2.31. The van der Waals surface area contributed by atoms with Crippen molar-refractivity contribution in [2.75, 3.05) is 7.11 Å². The van der Waals surface area contributed by atoms with Crippen LogP contribution in [0.5, 0.6) is 5.75 Å². The molecule has 0 bridgehead atoms. The molecule has 3 N–H and O–H groups in total. The predicted octanol–water partition coefficient (Wildman–Crippen LogP) is 1.03. The average molecular weight is 268 g/mol. The maximum absolute atomic E-state index is 13.3. The molecule has 0 spiro atoms. The van der Waals surface area contributed by atoms with E-state index in [1.54, 1.807) is 0 Å². The van der Waals surface area contributed by atoms with Gasteiger partial charge in [-0.25, -0.2) is 9.18 Å². The van der Waals surface area contributed by atoms with Gasteiger partial charge >= 0.3 is 6.09 Å². The minimum Gasteiger partial charge on any atom is -0.494 e. The molecule has 7 heteroatoms. The number of ether oxygens (including phenoxy) is 1. The number of rotatable bonds is 3. The molecule has 1 heterocycles. The Morgan fingerprint density at radius 1 is 1.58 bits per heavy atom. The van der Waals surface area contributed by atoms with Crippen LogP contribution in [0, 0.1) is 5.82 Å². The summed E-state index contributed by atoms with van der Waals surface area (Å²) in [6.45, 7) is 0. The normalized spacial score (nSPS) is 21.9. The second kappa shape index (κ2) is 5.13. The predicted molar refractivity (Wildman–Crippen MR) is 63.4 cm³/mol. The molecular weight excluding hydrogens is 255 g/mol. The Kier molecular flexibility index (Phi) is 3.55. The van der Waals surface area contributed by atoms with Gasteiger partial charge in [-0.3, -0.25) is 4.79 Å². The van der Waals surface area contributed by atoms with Gasteiger partial charge in [0.25, 0.3) is 0 Å². The highest BCUT2D eigenvalue weighted by molar-refractivity contribution is 5.81. The van der Waals surface area contributed by atoms with Crippen LogP contribution in [0.15, 0.2) is 18.2 Å². The number of carboxylic acid groups (broad SMARTS) is 1. The van der Waals surface area contributed by atoms with Crippen LogP contribution in [0.1, 0.15) is 18.0 Å². The van der Waals surface area contributed by atoms with Gasteiger partial charge in [0.15, 0.2) is 11.6 Å². The van der Waals surface area contributed by atoms with E-state index in [2.05, 4.69) is 10.6 Å². The highest BCUT2D eigenvalue weighted by Gasteiger charge is 2.34. The van der Waals surface area contributed by atoms with E-state index in [4.69, 9.17) is 9.84 Å². The Morgan fingerprint density at radius 2 is 2.32 bits per heavy atom. The molecule has 1 fully saturated rings. The van der Waals surface area contributed by atoms with Gasteiger partial charge in [0, 0.05) is 6.42 Å². The highest BCUT2D eigenvalue weighted by atomic mass is 19.1. The van der Waals surface area contributed by atoms with Crippen LogP contribution in [-0.4, -0.2) is 30.3 Å². The summed E-state index contributed by atoms with van der Waals surface area (Å²) in [6, 6.07) is 3.04. The summed E-state index contributed by atoms with van der Waals surface area (Å²) < 4.78 is 18.2. The van der Waals surface area contributed by atoms with Crippen molar-refractivity contribution in [3.05, 3.63) is 29.6 Å². The van der Waals surface area contributed by atoms with E-state index in [-0.39, 0.29) is 18.1 Å². The molecule has 2 rings (SSSR count). The molecule has 0 aromatic heterocycles. The fourth-order valence-electron chi connectivity index (χ4n) is 2.13. The minimum absolute atomic E-state index is 0.0488. The van der Waals surface area contributed by atoms with Gasteiger partial charge in [0.2, 0.25) is 5.91 Å². The second-order valence-corrected chi connectivity index (χ2v) is 4.20. The fraction of sp³-hybridized carbons (Fsp3) is 0.333. The van der Waals surface area contributed by atoms with Gasteiger partial charge in [-0.05, 0) is 17.7 Å². The maximum Gasteiger partial charge on any atom is 0.404 e.